The molecule has 2 heterocycles. The van der Waals surface area contributed by atoms with Gasteiger partial charge in [-0.2, -0.15) is 5.10 Å². The molecule has 0 aliphatic carbocycles. The number of amides is 1. The Balaban J connectivity index is 1.49. The zero-order chi connectivity index (χ0) is 20.5. The van der Waals surface area contributed by atoms with Crippen LogP contribution < -0.4 is 20.1 Å². The molecule has 3 aromatic rings. The van der Waals surface area contributed by atoms with Crippen molar-refractivity contribution in [3.8, 4) is 11.5 Å². The Labute approximate surface area is 168 Å². The van der Waals surface area contributed by atoms with Gasteiger partial charge in [0, 0.05) is 26.3 Å². The molecule has 0 saturated carbocycles. The van der Waals surface area contributed by atoms with Gasteiger partial charge >= 0.3 is 0 Å². The van der Waals surface area contributed by atoms with Crippen molar-refractivity contribution in [3.05, 3.63) is 36.8 Å². The quantitative estimate of drug-likeness (QED) is 0.460. The van der Waals surface area contributed by atoms with Crippen LogP contribution in [0, 0.1) is 0 Å². The van der Waals surface area contributed by atoms with Crippen LogP contribution in [0.1, 0.15) is 0 Å². The largest absolute Gasteiger partial charge is 0.497 e. The molecular weight excluding hydrogens is 376 g/mol. The number of methoxy groups -OCH3 is 2. The number of carbonyl (C=O) groups is 1. The van der Waals surface area contributed by atoms with E-state index in [-0.39, 0.29) is 12.5 Å². The lowest BCUT2D eigenvalue weighted by Gasteiger charge is -2.09. The molecule has 0 spiro atoms. The molecule has 0 aliphatic rings. The second kappa shape index (κ2) is 10.2. The highest BCUT2D eigenvalue weighted by atomic mass is 16.5. The molecule has 1 aromatic carbocycles. The van der Waals surface area contributed by atoms with Gasteiger partial charge in [0.05, 0.1) is 31.8 Å². The maximum absolute atomic E-state index is 12.0. The third-order valence-corrected chi connectivity index (χ3v) is 4.09. The molecule has 0 radical (unpaired) electrons. The topological polar surface area (TPSA) is 112 Å². The summed E-state index contributed by atoms with van der Waals surface area (Å²) in [5.41, 5.74) is 0.696. The van der Waals surface area contributed by atoms with Crippen molar-refractivity contribution < 1.29 is 19.0 Å². The van der Waals surface area contributed by atoms with Crippen LogP contribution in [-0.2, 0) is 16.1 Å². The molecule has 29 heavy (non-hydrogen) atoms. The number of rotatable bonds is 11. The van der Waals surface area contributed by atoms with E-state index in [9.17, 15) is 4.79 Å². The number of carbonyl (C=O) groups excluding carboxylic acids is 1. The lowest BCUT2D eigenvalue weighted by molar-refractivity contribution is -0.123. The number of hydrogen-bond donors (Lipinski definition) is 2. The van der Waals surface area contributed by atoms with E-state index in [1.54, 1.807) is 43.3 Å². The highest BCUT2D eigenvalue weighted by Gasteiger charge is 2.10. The fourth-order valence-corrected chi connectivity index (χ4v) is 2.66. The molecule has 10 heteroatoms. The molecule has 0 unspecified atom stereocenters. The first-order valence-electron chi connectivity index (χ1n) is 9.14. The third kappa shape index (κ3) is 5.55. The fourth-order valence-electron chi connectivity index (χ4n) is 2.66. The lowest BCUT2D eigenvalue weighted by atomic mass is 10.3. The molecule has 2 aromatic heterocycles. The first-order chi connectivity index (χ1) is 14.2. The molecule has 1 amide bonds. The summed E-state index contributed by atoms with van der Waals surface area (Å²) in [4.78, 5) is 20.5. The molecule has 0 atom stereocenters. The number of fused-ring (bicyclic) bond motifs is 1. The molecule has 3 rings (SSSR count). The predicted octanol–water partition coefficient (Wildman–Crippen LogP) is 1.09. The summed E-state index contributed by atoms with van der Waals surface area (Å²) < 4.78 is 17.4. The van der Waals surface area contributed by atoms with E-state index in [2.05, 4.69) is 25.7 Å². The number of hydrogen-bond acceptors (Lipinski definition) is 8. The molecule has 10 nitrogen and oxygen atoms in total. The van der Waals surface area contributed by atoms with Gasteiger partial charge in [0.1, 0.15) is 23.6 Å². The van der Waals surface area contributed by atoms with Crippen molar-refractivity contribution in [1.82, 2.24) is 25.1 Å². The van der Waals surface area contributed by atoms with Crippen LogP contribution in [0.2, 0.25) is 0 Å². The summed E-state index contributed by atoms with van der Waals surface area (Å²) in [5.74, 6) is 1.73. The van der Waals surface area contributed by atoms with Crippen molar-refractivity contribution in [3.63, 3.8) is 0 Å². The average Bonchev–Trinajstić information content (AvgIpc) is 3.16. The summed E-state index contributed by atoms with van der Waals surface area (Å²) in [7, 11) is 3.22. The van der Waals surface area contributed by atoms with Crippen molar-refractivity contribution in [1.29, 1.82) is 0 Å². The van der Waals surface area contributed by atoms with Gasteiger partial charge in [-0.25, -0.2) is 14.6 Å². The number of nitrogens with zero attached hydrogens (tertiary/aromatic N) is 4. The number of benzene rings is 1. The van der Waals surface area contributed by atoms with Crippen LogP contribution in [0.15, 0.2) is 36.8 Å². The fraction of sp³-hybridized carbons (Fsp3) is 0.368. The zero-order valence-corrected chi connectivity index (χ0v) is 16.4. The van der Waals surface area contributed by atoms with Crippen LogP contribution in [0.4, 0.5) is 5.82 Å². The maximum Gasteiger partial charge on any atom is 0.258 e. The van der Waals surface area contributed by atoms with Gasteiger partial charge in [0.15, 0.2) is 12.3 Å². The summed E-state index contributed by atoms with van der Waals surface area (Å²) in [5, 5.41) is 11.2. The van der Waals surface area contributed by atoms with Crippen LogP contribution in [0.3, 0.4) is 0 Å². The van der Waals surface area contributed by atoms with Crippen molar-refractivity contribution in [2.45, 2.75) is 6.54 Å². The highest BCUT2D eigenvalue weighted by molar-refractivity contribution is 5.86. The molecular formula is C19H24N6O4. The van der Waals surface area contributed by atoms with Crippen LogP contribution in [0.25, 0.3) is 11.0 Å². The van der Waals surface area contributed by atoms with Gasteiger partial charge in [0.25, 0.3) is 5.91 Å². The number of anilines is 1. The number of aromatic nitrogens is 4. The Morgan fingerprint density at radius 2 is 2.03 bits per heavy atom. The van der Waals surface area contributed by atoms with E-state index in [0.29, 0.717) is 49.2 Å². The number of ether oxygens (including phenoxy) is 3. The standard InChI is InChI=1S/C19H24N6O4/c1-27-9-7-21-18-16-11-24-25(19(16)23-13-22-18)8-6-20-17(26)12-29-15-5-3-4-14(10-15)28-2/h3-5,10-11,13H,6-9,12H2,1-2H3,(H,20,26)(H,21,22,23). The van der Waals surface area contributed by atoms with Gasteiger partial charge in [0.2, 0.25) is 0 Å². The summed E-state index contributed by atoms with van der Waals surface area (Å²) in [6.07, 6.45) is 3.19. The Kier molecular flexibility index (Phi) is 7.17. The molecule has 0 aliphatic heterocycles. The molecule has 0 saturated heterocycles. The van der Waals surface area contributed by atoms with Gasteiger partial charge in [-0.15, -0.1) is 0 Å². The van der Waals surface area contributed by atoms with Crippen molar-refractivity contribution in [2.24, 2.45) is 0 Å². The molecule has 2 N–H and O–H groups in total. The van der Waals surface area contributed by atoms with E-state index in [1.807, 2.05) is 6.07 Å². The summed E-state index contributed by atoms with van der Waals surface area (Å²) >= 11 is 0. The van der Waals surface area contributed by atoms with Gasteiger partial charge < -0.3 is 24.8 Å². The second-order valence-corrected chi connectivity index (χ2v) is 6.06. The predicted molar refractivity (Wildman–Crippen MR) is 107 cm³/mol. The van der Waals surface area contributed by atoms with Crippen LogP contribution in [-0.4, -0.2) is 66.2 Å². The highest BCUT2D eigenvalue weighted by Crippen LogP contribution is 2.19. The Hall–Kier alpha value is -3.40. The van der Waals surface area contributed by atoms with E-state index in [0.717, 1.165) is 5.39 Å². The van der Waals surface area contributed by atoms with E-state index in [4.69, 9.17) is 14.2 Å². The zero-order valence-electron chi connectivity index (χ0n) is 16.4. The minimum Gasteiger partial charge on any atom is -0.497 e. The van der Waals surface area contributed by atoms with Crippen molar-refractivity contribution in [2.75, 3.05) is 45.8 Å². The van der Waals surface area contributed by atoms with Gasteiger partial charge in [-0.1, -0.05) is 6.07 Å². The normalized spacial score (nSPS) is 10.7. The average molecular weight is 400 g/mol. The van der Waals surface area contributed by atoms with E-state index in [1.165, 1.54) is 6.33 Å². The monoisotopic (exact) mass is 400 g/mol. The lowest BCUT2D eigenvalue weighted by Crippen LogP contribution is -2.31. The smallest absolute Gasteiger partial charge is 0.258 e. The Morgan fingerprint density at radius 1 is 1.17 bits per heavy atom. The summed E-state index contributed by atoms with van der Waals surface area (Å²) in [6, 6.07) is 7.10. The van der Waals surface area contributed by atoms with Crippen LogP contribution in [0.5, 0.6) is 11.5 Å². The maximum atomic E-state index is 12.0. The van der Waals surface area contributed by atoms with E-state index < -0.39 is 0 Å². The van der Waals surface area contributed by atoms with Crippen LogP contribution >= 0.6 is 0 Å². The molecule has 0 bridgehead atoms. The first kappa shape index (κ1) is 20.3. The molecule has 0 fully saturated rings. The van der Waals surface area contributed by atoms with Crippen molar-refractivity contribution >= 4 is 22.8 Å². The minimum atomic E-state index is -0.221. The Bertz CT molecular complexity index is 945. The number of nitrogens with one attached hydrogen (secondary N) is 2. The SMILES string of the molecule is COCCNc1ncnc2c1cnn2CCNC(=O)COc1cccc(OC)c1. The summed E-state index contributed by atoms with van der Waals surface area (Å²) in [6.45, 7) is 2.00. The third-order valence-electron chi connectivity index (χ3n) is 4.09. The van der Waals surface area contributed by atoms with Gasteiger partial charge in [-0.3, -0.25) is 4.79 Å². The Morgan fingerprint density at radius 3 is 2.86 bits per heavy atom. The van der Waals surface area contributed by atoms with Gasteiger partial charge in [-0.05, 0) is 12.1 Å². The minimum absolute atomic E-state index is 0.0806. The molecule has 154 valence electrons. The first-order valence-corrected chi connectivity index (χ1v) is 9.14. The second-order valence-electron chi connectivity index (χ2n) is 6.06. The van der Waals surface area contributed by atoms with E-state index >= 15 is 0 Å².